The fraction of sp³-hybridized carbons (Fsp3) is 0.684. The van der Waals surface area contributed by atoms with E-state index in [1.165, 1.54) is 62.5 Å². The highest BCUT2D eigenvalue weighted by atomic mass is 16.3. The summed E-state index contributed by atoms with van der Waals surface area (Å²) in [5.41, 5.74) is 2.61. The number of benzene rings is 1. The minimum atomic E-state index is 0.507. The molecule has 20 heavy (non-hydrogen) atoms. The van der Waals surface area contributed by atoms with Crippen LogP contribution in [0.2, 0.25) is 0 Å². The number of unbranched alkanes of at least 4 members (excludes halogenated alkanes) is 4. The Morgan fingerprint density at radius 2 is 1.70 bits per heavy atom. The summed E-state index contributed by atoms with van der Waals surface area (Å²) in [6.45, 7) is 6.75. The predicted octanol–water partition coefficient (Wildman–Crippen LogP) is 6.20. The van der Waals surface area contributed by atoms with Gasteiger partial charge in [-0.25, -0.2) is 0 Å². The van der Waals surface area contributed by atoms with Gasteiger partial charge in [-0.3, -0.25) is 0 Å². The van der Waals surface area contributed by atoms with Crippen molar-refractivity contribution >= 4 is 0 Å². The van der Waals surface area contributed by atoms with Gasteiger partial charge in [-0.05, 0) is 48.8 Å². The Balaban J connectivity index is 2.72. The number of hydrogen-bond acceptors (Lipinski definition) is 1. The Labute approximate surface area is 125 Å². The van der Waals surface area contributed by atoms with Crippen LogP contribution in [0.3, 0.4) is 0 Å². The highest BCUT2D eigenvalue weighted by Gasteiger charge is 2.15. The maximum atomic E-state index is 10.2. The molecule has 1 heteroatoms. The summed E-state index contributed by atoms with van der Waals surface area (Å²) >= 11 is 0. The molecule has 0 bridgehead atoms. The molecule has 0 saturated carbocycles. The minimum Gasteiger partial charge on any atom is -0.508 e. The predicted molar refractivity (Wildman–Crippen MR) is 88.5 cm³/mol. The second-order valence-electron chi connectivity index (χ2n) is 5.90. The monoisotopic (exact) mass is 276 g/mol. The normalized spacial score (nSPS) is 12.6. The van der Waals surface area contributed by atoms with Gasteiger partial charge < -0.3 is 5.11 Å². The molecule has 1 aromatic carbocycles. The topological polar surface area (TPSA) is 20.2 Å². The van der Waals surface area contributed by atoms with Crippen LogP contribution in [0.25, 0.3) is 0 Å². The van der Waals surface area contributed by atoms with E-state index in [1.54, 1.807) is 0 Å². The summed E-state index contributed by atoms with van der Waals surface area (Å²) in [5.74, 6) is 1.12. The van der Waals surface area contributed by atoms with Gasteiger partial charge in [0.2, 0.25) is 0 Å². The van der Waals surface area contributed by atoms with Gasteiger partial charge in [-0.1, -0.05) is 65.0 Å². The zero-order valence-electron chi connectivity index (χ0n) is 13.6. The molecule has 0 aliphatic carbocycles. The van der Waals surface area contributed by atoms with E-state index < -0.39 is 0 Å². The SMILES string of the molecule is CCCCCCCc1c(O)cccc1C(CC)CCC. The van der Waals surface area contributed by atoms with E-state index in [0.29, 0.717) is 11.7 Å². The van der Waals surface area contributed by atoms with Gasteiger partial charge in [-0.2, -0.15) is 0 Å². The van der Waals surface area contributed by atoms with Crippen molar-refractivity contribution in [3.63, 3.8) is 0 Å². The third-order valence-corrected chi connectivity index (χ3v) is 4.29. The number of phenols is 1. The van der Waals surface area contributed by atoms with Gasteiger partial charge in [-0.15, -0.1) is 0 Å². The van der Waals surface area contributed by atoms with Crippen molar-refractivity contribution in [3.05, 3.63) is 29.3 Å². The van der Waals surface area contributed by atoms with Crippen molar-refractivity contribution in [2.75, 3.05) is 0 Å². The Hall–Kier alpha value is -0.980. The first-order valence-corrected chi connectivity index (χ1v) is 8.55. The highest BCUT2D eigenvalue weighted by molar-refractivity contribution is 5.41. The third-order valence-electron chi connectivity index (χ3n) is 4.29. The van der Waals surface area contributed by atoms with Gasteiger partial charge in [0.25, 0.3) is 0 Å². The van der Waals surface area contributed by atoms with E-state index in [2.05, 4.69) is 26.8 Å². The van der Waals surface area contributed by atoms with Gasteiger partial charge >= 0.3 is 0 Å². The number of hydrogen-bond donors (Lipinski definition) is 1. The molecule has 1 unspecified atom stereocenters. The smallest absolute Gasteiger partial charge is 0.119 e. The van der Waals surface area contributed by atoms with E-state index in [1.807, 2.05) is 12.1 Å². The molecule has 1 N–H and O–H groups in total. The van der Waals surface area contributed by atoms with Crippen molar-refractivity contribution in [2.45, 2.75) is 84.5 Å². The molecule has 0 radical (unpaired) electrons. The van der Waals surface area contributed by atoms with E-state index in [0.717, 1.165) is 6.42 Å². The molecular formula is C19H32O. The Morgan fingerprint density at radius 3 is 2.35 bits per heavy atom. The van der Waals surface area contributed by atoms with Crippen molar-refractivity contribution in [1.29, 1.82) is 0 Å². The fourth-order valence-corrected chi connectivity index (χ4v) is 3.08. The highest BCUT2D eigenvalue weighted by Crippen LogP contribution is 2.33. The first-order chi connectivity index (χ1) is 9.74. The molecule has 1 aromatic rings. The van der Waals surface area contributed by atoms with Crippen LogP contribution in [-0.2, 0) is 6.42 Å². The third kappa shape index (κ3) is 5.19. The Bertz CT molecular complexity index is 370. The second-order valence-corrected chi connectivity index (χ2v) is 5.90. The van der Waals surface area contributed by atoms with Gasteiger partial charge in [0.05, 0.1) is 0 Å². The molecule has 1 rings (SSSR count). The van der Waals surface area contributed by atoms with Crippen molar-refractivity contribution < 1.29 is 5.11 Å². The molecule has 1 atom stereocenters. The van der Waals surface area contributed by atoms with Crippen LogP contribution in [0, 0.1) is 0 Å². The van der Waals surface area contributed by atoms with Crippen LogP contribution in [-0.4, -0.2) is 5.11 Å². The van der Waals surface area contributed by atoms with Gasteiger partial charge in [0.1, 0.15) is 5.75 Å². The second kappa shape index (κ2) is 9.85. The molecular weight excluding hydrogens is 244 g/mol. The summed E-state index contributed by atoms with van der Waals surface area (Å²) < 4.78 is 0. The average Bonchev–Trinajstić information content (AvgIpc) is 2.46. The van der Waals surface area contributed by atoms with E-state index in [9.17, 15) is 5.11 Å². The molecule has 0 fully saturated rings. The fourth-order valence-electron chi connectivity index (χ4n) is 3.08. The van der Waals surface area contributed by atoms with Crippen LogP contribution >= 0.6 is 0 Å². The summed E-state index contributed by atoms with van der Waals surface area (Å²) in [7, 11) is 0. The molecule has 0 aliphatic heterocycles. The van der Waals surface area contributed by atoms with Crippen LogP contribution in [0.5, 0.6) is 5.75 Å². The lowest BCUT2D eigenvalue weighted by molar-refractivity contribution is 0.461. The van der Waals surface area contributed by atoms with E-state index in [4.69, 9.17) is 0 Å². The summed E-state index contributed by atoms with van der Waals surface area (Å²) in [6, 6.07) is 6.08. The molecule has 1 nitrogen and oxygen atoms in total. The van der Waals surface area contributed by atoms with Crippen molar-refractivity contribution in [3.8, 4) is 5.75 Å². The Kier molecular flexibility index (Phi) is 8.41. The lowest BCUT2D eigenvalue weighted by atomic mass is 9.86. The standard InChI is InChI=1S/C19H32O/c1-4-7-8-9-10-13-18-17(14-11-15-19(18)20)16(6-3)12-5-2/h11,14-16,20H,4-10,12-13H2,1-3H3. The first kappa shape index (κ1) is 17.1. The van der Waals surface area contributed by atoms with E-state index in [-0.39, 0.29) is 0 Å². The zero-order chi connectivity index (χ0) is 14.8. The minimum absolute atomic E-state index is 0.507. The largest absolute Gasteiger partial charge is 0.508 e. The summed E-state index contributed by atoms with van der Waals surface area (Å²) in [4.78, 5) is 0. The number of rotatable bonds is 10. The van der Waals surface area contributed by atoms with Crippen LogP contribution in [0.4, 0.5) is 0 Å². The molecule has 0 heterocycles. The molecule has 0 amide bonds. The molecule has 0 aromatic heterocycles. The lowest BCUT2D eigenvalue weighted by Gasteiger charge is -2.19. The number of phenolic OH excluding ortho intramolecular Hbond substituents is 1. The maximum Gasteiger partial charge on any atom is 0.119 e. The maximum absolute atomic E-state index is 10.2. The van der Waals surface area contributed by atoms with Crippen LogP contribution in [0.15, 0.2) is 18.2 Å². The Morgan fingerprint density at radius 1 is 0.950 bits per heavy atom. The number of aromatic hydroxyl groups is 1. The van der Waals surface area contributed by atoms with Gasteiger partial charge in [0, 0.05) is 0 Å². The van der Waals surface area contributed by atoms with Crippen molar-refractivity contribution in [2.24, 2.45) is 0 Å². The van der Waals surface area contributed by atoms with Crippen LogP contribution in [0.1, 0.15) is 89.2 Å². The van der Waals surface area contributed by atoms with Gasteiger partial charge in [0.15, 0.2) is 0 Å². The summed E-state index contributed by atoms with van der Waals surface area (Å²) in [5, 5.41) is 10.2. The average molecular weight is 276 g/mol. The molecule has 0 saturated heterocycles. The quantitative estimate of drug-likeness (QED) is 0.504. The zero-order valence-corrected chi connectivity index (χ0v) is 13.6. The molecule has 114 valence electrons. The van der Waals surface area contributed by atoms with Crippen LogP contribution < -0.4 is 0 Å². The molecule has 0 spiro atoms. The lowest BCUT2D eigenvalue weighted by Crippen LogP contribution is -2.03. The van der Waals surface area contributed by atoms with Crippen molar-refractivity contribution in [1.82, 2.24) is 0 Å². The van der Waals surface area contributed by atoms with E-state index >= 15 is 0 Å². The first-order valence-electron chi connectivity index (χ1n) is 8.55. The summed E-state index contributed by atoms with van der Waals surface area (Å²) in [6.07, 6.45) is 11.1. The molecule has 0 aliphatic rings.